The maximum Gasteiger partial charge on any atom is 0.278 e. The van der Waals surface area contributed by atoms with Gasteiger partial charge in [-0.15, -0.1) is 0 Å². The van der Waals surface area contributed by atoms with Crippen LogP contribution < -0.4 is 10.2 Å². The van der Waals surface area contributed by atoms with E-state index in [1.807, 2.05) is 7.05 Å². The van der Waals surface area contributed by atoms with Gasteiger partial charge >= 0.3 is 0 Å². The van der Waals surface area contributed by atoms with Gasteiger partial charge in [-0.2, -0.15) is 0 Å². The fraction of sp³-hybridized carbons (Fsp3) is 0.308. The molecular weight excluding hydrogens is 244 g/mol. The highest BCUT2D eigenvalue weighted by Gasteiger charge is 2.25. The molecule has 0 unspecified atom stereocenters. The average Bonchev–Trinajstić information content (AvgIpc) is 2.35. The SMILES string of the molecule is CN(c1ccc([N+](=O)[O-])c2cccnc12)C1CNC1. The van der Waals surface area contributed by atoms with Crippen LogP contribution in [0, 0.1) is 10.1 Å². The fourth-order valence-corrected chi connectivity index (χ4v) is 2.33. The van der Waals surface area contributed by atoms with E-state index in [2.05, 4.69) is 15.2 Å². The molecule has 6 heteroatoms. The summed E-state index contributed by atoms with van der Waals surface area (Å²) in [6, 6.07) is 7.24. The molecule has 6 nitrogen and oxygen atoms in total. The lowest BCUT2D eigenvalue weighted by Gasteiger charge is -2.37. The second kappa shape index (κ2) is 4.47. The number of aromatic nitrogens is 1. The molecule has 1 saturated heterocycles. The molecule has 0 atom stereocenters. The molecule has 1 aliphatic heterocycles. The van der Waals surface area contributed by atoms with Crippen molar-refractivity contribution in [3.05, 3.63) is 40.6 Å². The summed E-state index contributed by atoms with van der Waals surface area (Å²) in [5, 5.41) is 14.9. The minimum absolute atomic E-state index is 0.104. The van der Waals surface area contributed by atoms with Crippen LogP contribution >= 0.6 is 0 Å². The summed E-state index contributed by atoms with van der Waals surface area (Å²) in [7, 11) is 2.00. The van der Waals surface area contributed by atoms with Crippen LogP contribution in [0.15, 0.2) is 30.5 Å². The van der Waals surface area contributed by atoms with E-state index in [9.17, 15) is 10.1 Å². The van der Waals surface area contributed by atoms with Gasteiger partial charge in [0.2, 0.25) is 0 Å². The summed E-state index contributed by atoms with van der Waals surface area (Å²) in [5.74, 6) is 0. The van der Waals surface area contributed by atoms with Gasteiger partial charge < -0.3 is 10.2 Å². The Hall–Kier alpha value is -2.21. The van der Waals surface area contributed by atoms with Crippen LogP contribution in [0.5, 0.6) is 0 Å². The van der Waals surface area contributed by atoms with Gasteiger partial charge in [0.05, 0.1) is 22.0 Å². The first-order chi connectivity index (χ1) is 9.18. The van der Waals surface area contributed by atoms with E-state index < -0.39 is 0 Å². The van der Waals surface area contributed by atoms with Crippen molar-refractivity contribution in [1.29, 1.82) is 0 Å². The number of likely N-dealkylation sites (N-methyl/N-ethyl adjacent to an activating group) is 1. The maximum absolute atomic E-state index is 11.1. The predicted octanol–water partition coefficient (Wildman–Crippen LogP) is 1.55. The summed E-state index contributed by atoms with van der Waals surface area (Å²) in [4.78, 5) is 17.1. The van der Waals surface area contributed by atoms with Crippen LogP contribution in [0.4, 0.5) is 11.4 Å². The molecule has 3 rings (SSSR count). The minimum atomic E-state index is -0.362. The average molecular weight is 258 g/mol. The monoisotopic (exact) mass is 258 g/mol. The van der Waals surface area contributed by atoms with E-state index in [0.29, 0.717) is 16.9 Å². The molecule has 1 aromatic carbocycles. The highest BCUT2D eigenvalue weighted by atomic mass is 16.6. The Morgan fingerprint density at radius 2 is 2.21 bits per heavy atom. The molecule has 2 heterocycles. The summed E-state index contributed by atoms with van der Waals surface area (Å²) < 4.78 is 0. The van der Waals surface area contributed by atoms with Gasteiger partial charge in [-0.25, -0.2) is 0 Å². The Morgan fingerprint density at radius 1 is 1.42 bits per heavy atom. The Bertz CT molecular complexity index is 640. The second-order valence-corrected chi connectivity index (χ2v) is 4.68. The van der Waals surface area contributed by atoms with Crippen molar-refractivity contribution in [1.82, 2.24) is 10.3 Å². The number of nitro benzene ring substituents is 1. The fourth-order valence-electron chi connectivity index (χ4n) is 2.33. The topological polar surface area (TPSA) is 71.3 Å². The van der Waals surface area contributed by atoms with Crippen LogP contribution in [-0.4, -0.2) is 36.1 Å². The van der Waals surface area contributed by atoms with Gasteiger partial charge in [0.15, 0.2) is 0 Å². The van der Waals surface area contributed by atoms with E-state index >= 15 is 0 Å². The highest BCUT2D eigenvalue weighted by molar-refractivity contribution is 5.97. The molecule has 0 aliphatic carbocycles. The van der Waals surface area contributed by atoms with Gasteiger partial charge in [0.1, 0.15) is 5.52 Å². The Balaban J connectivity index is 2.15. The van der Waals surface area contributed by atoms with E-state index in [0.717, 1.165) is 18.8 Å². The number of nitrogens with one attached hydrogen (secondary N) is 1. The molecule has 2 aromatic rings. The van der Waals surface area contributed by atoms with Crippen molar-refractivity contribution >= 4 is 22.3 Å². The van der Waals surface area contributed by atoms with Crippen molar-refractivity contribution < 1.29 is 4.92 Å². The summed E-state index contributed by atoms with van der Waals surface area (Å²) in [6.07, 6.45) is 1.67. The highest BCUT2D eigenvalue weighted by Crippen LogP contribution is 2.32. The largest absolute Gasteiger partial charge is 0.367 e. The zero-order valence-corrected chi connectivity index (χ0v) is 10.5. The van der Waals surface area contributed by atoms with Crippen molar-refractivity contribution in [2.45, 2.75) is 6.04 Å². The number of rotatable bonds is 3. The van der Waals surface area contributed by atoms with Crippen LogP contribution in [0.25, 0.3) is 10.9 Å². The van der Waals surface area contributed by atoms with E-state index in [1.54, 1.807) is 30.5 Å². The molecule has 1 fully saturated rings. The Morgan fingerprint density at radius 3 is 2.84 bits per heavy atom. The summed E-state index contributed by atoms with van der Waals surface area (Å²) >= 11 is 0. The molecule has 0 amide bonds. The van der Waals surface area contributed by atoms with E-state index in [-0.39, 0.29) is 10.6 Å². The molecule has 0 spiro atoms. The number of nitro groups is 1. The number of benzene rings is 1. The lowest BCUT2D eigenvalue weighted by molar-refractivity contribution is -0.383. The lowest BCUT2D eigenvalue weighted by atomic mass is 10.1. The third-order valence-electron chi connectivity index (χ3n) is 3.61. The first-order valence-corrected chi connectivity index (χ1v) is 6.14. The lowest BCUT2D eigenvalue weighted by Crippen LogP contribution is -2.56. The van der Waals surface area contributed by atoms with Crippen molar-refractivity contribution in [3.63, 3.8) is 0 Å². The minimum Gasteiger partial charge on any atom is -0.367 e. The molecule has 1 N–H and O–H groups in total. The second-order valence-electron chi connectivity index (χ2n) is 4.68. The molecule has 98 valence electrons. The van der Waals surface area contributed by atoms with Crippen LogP contribution in [0.2, 0.25) is 0 Å². The van der Waals surface area contributed by atoms with Crippen molar-refractivity contribution in [2.24, 2.45) is 0 Å². The Labute approximate surface area is 110 Å². The normalized spacial score (nSPS) is 15.2. The first-order valence-electron chi connectivity index (χ1n) is 6.14. The summed E-state index contributed by atoms with van der Waals surface area (Å²) in [6.45, 7) is 1.86. The smallest absolute Gasteiger partial charge is 0.278 e. The molecule has 1 aromatic heterocycles. The molecule has 0 radical (unpaired) electrons. The standard InChI is InChI=1S/C13H14N4O2/c1-16(9-7-14-8-9)12-5-4-11(17(18)19)10-3-2-6-15-13(10)12/h2-6,9,14H,7-8H2,1H3. The third kappa shape index (κ3) is 1.90. The maximum atomic E-state index is 11.1. The van der Waals surface area contributed by atoms with E-state index in [1.165, 1.54) is 0 Å². The van der Waals surface area contributed by atoms with Crippen molar-refractivity contribution in [2.75, 3.05) is 25.0 Å². The van der Waals surface area contributed by atoms with Gasteiger partial charge in [-0.05, 0) is 18.2 Å². The number of pyridine rings is 1. The predicted molar refractivity (Wildman–Crippen MR) is 73.5 cm³/mol. The van der Waals surface area contributed by atoms with Gasteiger partial charge in [-0.3, -0.25) is 15.1 Å². The molecule has 19 heavy (non-hydrogen) atoms. The first kappa shape index (κ1) is 11.9. The van der Waals surface area contributed by atoms with Crippen LogP contribution in [0.3, 0.4) is 0 Å². The number of fused-ring (bicyclic) bond motifs is 1. The molecule has 1 aliphatic rings. The molecular formula is C13H14N4O2. The number of anilines is 1. The number of hydrogen-bond acceptors (Lipinski definition) is 5. The zero-order valence-electron chi connectivity index (χ0n) is 10.5. The van der Waals surface area contributed by atoms with E-state index in [4.69, 9.17) is 0 Å². The number of non-ortho nitro benzene ring substituents is 1. The molecule has 0 saturated carbocycles. The quantitative estimate of drug-likeness (QED) is 0.668. The number of nitrogens with zero attached hydrogens (tertiary/aromatic N) is 3. The van der Waals surface area contributed by atoms with Gasteiger partial charge in [-0.1, -0.05) is 0 Å². The molecule has 0 bridgehead atoms. The Kier molecular flexibility index (Phi) is 2.79. The van der Waals surface area contributed by atoms with Gasteiger partial charge in [0.25, 0.3) is 5.69 Å². The third-order valence-corrected chi connectivity index (χ3v) is 3.61. The zero-order chi connectivity index (χ0) is 13.4. The number of hydrogen-bond donors (Lipinski definition) is 1. The van der Waals surface area contributed by atoms with Gasteiger partial charge in [0, 0.05) is 32.4 Å². The van der Waals surface area contributed by atoms with Crippen LogP contribution in [-0.2, 0) is 0 Å². The summed E-state index contributed by atoms with van der Waals surface area (Å²) in [5.41, 5.74) is 1.73. The van der Waals surface area contributed by atoms with Crippen LogP contribution in [0.1, 0.15) is 0 Å². The van der Waals surface area contributed by atoms with Crippen molar-refractivity contribution in [3.8, 4) is 0 Å².